The van der Waals surface area contributed by atoms with Crippen LogP contribution >= 0.6 is 12.2 Å². The fraction of sp³-hybridized carbons (Fsp3) is 0.857. The van der Waals surface area contributed by atoms with E-state index in [0.717, 1.165) is 11.5 Å². The fourth-order valence-corrected chi connectivity index (χ4v) is 1.48. The topological polar surface area (TPSA) is 18.5 Å². The molecule has 0 aromatic carbocycles. The van der Waals surface area contributed by atoms with Gasteiger partial charge in [0.15, 0.2) is 5.11 Å². The van der Waals surface area contributed by atoms with E-state index in [-0.39, 0.29) is 5.66 Å². The van der Waals surface area contributed by atoms with Gasteiger partial charge >= 0.3 is 0 Å². The second-order valence-electron chi connectivity index (χ2n) is 3.14. The van der Waals surface area contributed by atoms with Crippen LogP contribution in [-0.4, -0.2) is 34.8 Å². The Labute approximate surface area is 73.3 Å². The predicted molar refractivity (Wildman–Crippen MR) is 50.0 cm³/mol. The van der Waals surface area contributed by atoms with Gasteiger partial charge in [-0.15, -0.1) is 0 Å². The SMILES string of the molecule is CCC1(C)NN(C)C(=S)N1C. The second-order valence-corrected chi connectivity index (χ2v) is 3.50. The molecule has 1 fully saturated rings. The maximum absolute atomic E-state index is 5.17. The van der Waals surface area contributed by atoms with Crippen molar-refractivity contribution >= 4 is 17.3 Å². The van der Waals surface area contributed by atoms with Crippen LogP contribution in [0.5, 0.6) is 0 Å². The van der Waals surface area contributed by atoms with Gasteiger partial charge in [-0.2, -0.15) is 0 Å². The molecule has 1 aliphatic rings. The van der Waals surface area contributed by atoms with Crippen molar-refractivity contribution in [3.63, 3.8) is 0 Å². The number of rotatable bonds is 1. The molecule has 1 heterocycles. The van der Waals surface area contributed by atoms with Crippen LogP contribution in [0, 0.1) is 0 Å². The third kappa shape index (κ3) is 1.20. The van der Waals surface area contributed by atoms with E-state index < -0.39 is 0 Å². The minimum atomic E-state index is 0.00579. The van der Waals surface area contributed by atoms with Gasteiger partial charge in [0, 0.05) is 14.1 Å². The maximum Gasteiger partial charge on any atom is 0.187 e. The van der Waals surface area contributed by atoms with E-state index >= 15 is 0 Å². The van der Waals surface area contributed by atoms with Gasteiger partial charge in [-0.3, -0.25) is 5.01 Å². The zero-order valence-corrected chi connectivity index (χ0v) is 8.33. The van der Waals surface area contributed by atoms with Gasteiger partial charge < -0.3 is 4.90 Å². The molecule has 11 heavy (non-hydrogen) atoms. The molecule has 1 atom stereocenters. The van der Waals surface area contributed by atoms with Crippen molar-refractivity contribution in [2.24, 2.45) is 0 Å². The third-order valence-electron chi connectivity index (χ3n) is 2.41. The minimum absolute atomic E-state index is 0.00579. The first-order valence-electron chi connectivity index (χ1n) is 3.80. The third-order valence-corrected chi connectivity index (χ3v) is 2.96. The minimum Gasteiger partial charge on any atom is -0.332 e. The lowest BCUT2D eigenvalue weighted by Crippen LogP contribution is -2.47. The first-order valence-corrected chi connectivity index (χ1v) is 4.21. The van der Waals surface area contributed by atoms with Crippen molar-refractivity contribution in [3.05, 3.63) is 0 Å². The first kappa shape index (κ1) is 8.74. The Morgan fingerprint density at radius 1 is 1.55 bits per heavy atom. The Balaban J connectivity index is 2.82. The van der Waals surface area contributed by atoms with Crippen LogP contribution in [0.1, 0.15) is 20.3 Å². The van der Waals surface area contributed by atoms with Crippen LogP contribution in [0.2, 0.25) is 0 Å². The number of hydrogen-bond donors (Lipinski definition) is 1. The van der Waals surface area contributed by atoms with Crippen molar-refractivity contribution in [3.8, 4) is 0 Å². The summed E-state index contributed by atoms with van der Waals surface area (Å²) in [4.78, 5) is 2.09. The maximum atomic E-state index is 5.17. The number of hydrogen-bond acceptors (Lipinski definition) is 2. The summed E-state index contributed by atoms with van der Waals surface area (Å²) in [6, 6.07) is 0. The van der Waals surface area contributed by atoms with Crippen molar-refractivity contribution in [2.75, 3.05) is 14.1 Å². The molecule has 0 aromatic rings. The molecule has 1 rings (SSSR count). The van der Waals surface area contributed by atoms with E-state index in [0.29, 0.717) is 0 Å². The van der Waals surface area contributed by atoms with Crippen molar-refractivity contribution in [2.45, 2.75) is 25.9 Å². The molecule has 1 unspecified atom stereocenters. The monoisotopic (exact) mass is 173 g/mol. The normalized spacial score (nSPS) is 31.8. The molecule has 1 aliphatic heterocycles. The molecule has 3 nitrogen and oxygen atoms in total. The highest BCUT2D eigenvalue weighted by Gasteiger charge is 2.37. The molecular weight excluding hydrogens is 158 g/mol. The highest BCUT2D eigenvalue weighted by molar-refractivity contribution is 7.80. The quantitative estimate of drug-likeness (QED) is 0.590. The van der Waals surface area contributed by atoms with E-state index in [4.69, 9.17) is 12.2 Å². The molecule has 64 valence electrons. The lowest BCUT2D eigenvalue weighted by atomic mass is 10.1. The summed E-state index contributed by atoms with van der Waals surface area (Å²) < 4.78 is 0. The lowest BCUT2D eigenvalue weighted by molar-refractivity contribution is 0.172. The molecule has 0 radical (unpaired) electrons. The Hall–Kier alpha value is -0.350. The molecule has 0 aromatic heterocycles. The van der Waals surface area contributed by atoms with Crippen LogP contribution in [0.4, 0.5) is 0 Å². The summed E-state index contributed by atoms with van der Waals surface area (Å²) in [5, 5.41) is 2.74. The molecular formula is C7H15N3S. The molecule has 1 saturated heterocycles. The van der Waals surface area contributed by atoms with Gasteiger partial charge in [-0.25, -0.2) is 5.43 Å². The molecule has 0 bridgehead atoms. The van der Waals surface area contributed by atoms with Crippen LogP contribution in [0.25, 0.3) is 0 Å². The number of hydrazine groups is 1. The smallest absolute Gasteiger partial charge is 0.187 e. The second kappa shape index (κ2) is 2.60. The Morgan fingerprint density at radius 2 is 2.09 bits per heavy atom. The summed E-state index contributed by atoms with van der Waals surface area (Å²) in [5.74, 6) is 0. The molecule has 0 spiro atoms. The lowest BCUT2D eigenvalue weighted by Gasteiger charge is -2.29. The van der Waals surface area contributed by atoms with Crippen LogP contribution in [0.15, 0.2) is 0 Å². The Bertz CT molecular complexity index is 183. The standard InChI is InChI=1S/C7H15N3S/c1-5-7(2)8-10(4)6(11)9(7)3/h8H,5H2,1-4H3. The van der Waals surface area contributed by atoms with E-state index in [2.05, 4.69) is 24.2 Å². The Morgan fingerprint density at radius 3 is 2.27 bits per heavy atom. The average Bonchev–Trinajstić information content (AvgIpc) is 2.17. The summed E-state index contributed by atoms with van der Waals surface area (Å²) >= 11 is 5.17. The van der Waals surface area contributed by atoms with Gasteiger partial charge in [0.2, 0.25) is 0 Å². The molecule has 0 amide bonds. The predicted octanol–water partition coefficient (Wildman–Crippen LogP) is 0.779. The van der Waals surface area contributed by atoms with Crippen LogP contribution in [0.3, 0.4) is 0 Å². The van der Waals surface area contributed by atoms with E-state index in [1.54, 1.807) is 0 Å². The van der Waals surface area contributed by atoms with Gasteiger partial charge in [-0.05, 0) is 25.6 Å². The number of thiocarbonyl (C=S) groups is 1. The fourth-order valence-electron chi connectivity index (χ4n) is 1.24. The molecule has 0 saturated carbocycles. The summed E-state index contributed by atoms with van der Waals surface area (Å²) in [5.41, 5.74) is 3.30. The molecule has 4 heteroatoms. The van der Waals surface area contributed by atoms with Crippen LogP contribution < -0.4 is 5.43 Å². The molecule has 1 N–H and O–H groups in total. The van der Waals surface area contributed by atoms with Gasteiger partial charge in [0.25, 0.3) is 0 Å². The zero-order chi connectivity index (χ0) is 8.65. The first-order chi connectivity index (χ1) is 5.01. The highest BCUT2D eigenvalue weighted by atomic mass is 32.1. The highest BCUT2D eigenvalue weighted by Crippen LogP contribution is 2.21. The van der Waals surface area contributed by atoms with E-state index in [9.17, 15) is 0 Å². The Kier molecular flexibility index (Phi) is 2.07. The van der Waals surface area contributed by atoms with Crippen LogP contribution in [-0.2, 0) is 0 Å². The van der Waals surface area contributed by atoms with Crippen molar-refractivity contribution < 1.29 is 0 Å². The van der Waals surface area contributed by atoms with Gasteiger partial charge in [-0.1, -0.05) is 6.92 Å². The van der Waals surface area contributed by atoms with Crippen molar-refractivity contribution in [1.29, 1.82) is 0 Å². The number of nitrogens with one attached hydrogen (secondary N) is 1. The van der Waals surface area contributed by atoms with Crippen molar-refractivity contribution in [1.82, 2.24) is 15.3 Å². The summed E-state index contributed by atoms with van der Waals surface area (Å²) in [7, 11) is 3.96. The van der Waals surface area contributed by atoms with E-state index in [1.807, 2.05) is 19.1 Å². The summed E-state index contributed by atoms with van der Waals surface area (Å²) in [6.45, 7) is 4.29. The van der Waals surface area contributed by atoms with E-state index in [1.165, 1.54) is 0 Å². The summed E-state index contributed by atoms with van der Waals surface area (Å²) in [6.07, 6.45) is 1.04. The number of nitrogens with zero attached hydrogens (tertiary/aromatic N) is 2. The largest absolute Gasteiger partial charge is 0.332 e. The van der Waals surface area contributed by atoms with Gasteiger partial charge in [0.1, 0.15) is 5.66 Å². The van der Waals surface area contributed by atoms with Gasteiger partial charge in [0.05, 0.1) is 0 Å². The zero-order valence-electron chi connectivity index (χ0n) is 7.51. The average molecular weight is 173 g/mol. The molecule has 0 aliphatic carbocycles.